The van der Waals surface area contributed by atoms with Crippen LogP contribution in [0.4, 0.5) is 4.39 Å². The van der Waals surface area contributed by atoms with E-state index in [2.05, 4.69) is 0 Å². The van der Waals surface area contributed by atoms with Crippen LogP contribution in [0.3, 0.4) is 0 Å². The van der Waals surface area contributed by atoms with Crippen molar-refractivity contribution in [1.82, 2.24) is 0 Å². The van der Waals surface area contributed by atoms with Crippen molar-refractivity contribution in [2.75, 3.05) is 13.7 Å². The largest absolute Gasteiger partial charge is 0.493 e. The van der Waals surface area contributed by atoms with E-state index < -0.39 is 0 Å². The fourth-order valence-electron chi connectivity index (χ4n) is 1.68. The summed E-state index contributed by atoms with van der Waals surface area (Å²) in [7, 11) is 1.49. The standard InChI is InChI=1S/C13H17FO3/c1-8(7-15)11-5-9(14)6-12(16-2)13(11)17-10-3-4-10/h5-6,8,10,15H,3-4,7H2,1-2H3. The molecule has 0 amide bonds. The summed E-state index contributed by atoms with van der Waals surface area (Å²) in [5, 5.41) is 9.20. The molecule has 1 N–H and O–H groups in total. The molecule has 4 heteroatoms. The summed E-state index contributed by atoms with van der Waals surface area (Å²) in [5.41, 5.74) is 0.663. The molecule has 0 aliphatic heterocycles. The monoisotopic (exact) mass is 240 g/mol. The molecule has 0 saturated heterocycles. The van der Waals surface area contributed by atoms with Crippen LogP contribution >= 0.6 is 0 Å². The first kappa shape index (κ1) is 12.2. The Labute approximate surface area is 100 Å². The van der Waals surface area contributed by atoms with Crippen molar-refractivity contribution in [2.24, 2.45) is 0 Å². The summed E-state index contributed by atoms with van der Waals surface area (Å²) < 4.78 is 24.3. The van der Waals surface area contributed by atoms with Crippen LogP contribution in [0.2, 0.25) is 0 Å². The van der Waals surface area contributed by atoms with Crippen LogP contribution < -0.4 is 9.47 Å². The molecule has 3 nitrogen and oxygen atoms in total. The Balaban J connectivity index is 2.40. The molecule has 0 heterocycles. The van der Waals surface area contributed by atoms with E-state index in [-0.39, 0.29) is 24.4 Å². The number of hydrogen-bond donors (Lipinski definition) is 1. The van der Waals surface area contributed by atoms with Crippen LogP contribution in [0.15, 0.2) is 12.1 Å². The van der Waals surface area contributed by atoms with Crippen molar-refractivity contribution >= 4 is 0 Å². The smallest absolute Gasteiger partial charge is 0.165 e. The normalized spacial score (nSPS) is 16.7. The van der Waals surface area contributed by atoms with Crippen LogP contribution in [0.25, 0.3) is 0 Å². The first-order chi connectivity index (χ1) is 8.15. The van der Waals surface area contributed by atoms with Gasteiger partial charge >= 0.3 is 0 Å². The van der Waals surface area contributed by atoms with Gasteiger partial charge in [0.2, 0.25) is 0 Å². The summed E-state index contributed by atoms with van der Waals surface area (Å²) >= 11 is 0. The third kappa shape index (κ3) is 2.69. The zero-order chi connectivity index (χ0) is 12.4. The number of aliphatic hydroxyl groups excluding tert-OH is 1. The molecule has 1 aliphatic carbocycles. The third-order valence-electron chi connectivity index (χ3n) is 2.88. The van der Waals surface area contributed by atoms with Crippen LogP contribution in [0.5, 0.6) is 11.5 Å². The summed E-state index contributed by atoms with van der Waals surface area (Å²) in [6.45, 7) is 1.78. The molecular weight excluding hydrogens is 223 g/mol. The number of ether oxygens (including phenoxy) is 2. The maximum absolute atomic E-state index is 13.4. The average Bonchev–Trinajstić information content (AvgIpc) is 3.13. The van der Waals surface area contributed by atoms with E-state index in [4.69, 9.17) is 9.47 Å². The molecule has 0 radical (unpaired) electrons. The van der Waals surface area contributed by atoms with Crippen molar-refractivity contribution < 1.29 is 19.0 Å². The van der Waals surface area contributed by atoms with Crippen LogP contribution in [-0.2, 0) is 0 Å². The van der Waals surface area contributed by atoms with Gasteiger partial charge in [0.25, 0.3) is 0 Å². The van der Waals surface area contributed by atoms with Gasteiger partial charge in [-0.1, -0.05) is 6.92 Å². The quantitative estimate of drug-likeness (QED) is 0.859. The second-order valence-electron chi connectivity index (χ2n) is 4.43. The van der Waals surface area contributed by atoms with Gasteiger partial charge in [-0.05, 0) is 18.9 Å². The highest BCUT2D eigenvalue weighted by molar-refractivity contribution is 5.49. The molecule has 1 aromatic carbocycles. The Morgan fingerprint density at radius 2 is 2.18 bits per heavy atom. The fraction of sp³-hybridized carbons (Fsp3) is 0.538. The number of halogens is 1. The lowest BCUT2D eigenvalue weighted by atomic mass is 10.0. The van der Waals surface area contributed by atoms with E-state index >= 15 is 0 Å². The number of aliphatic hydroxyl groups is 1. The zero-order valence-electron chi connectivity index (χ0n) is 10.1. The Hall–Kier alpha value is -1.29. The molecule has 2 rings (SSSR count). The minimum Gasteiger partial charge on any atom is -0.493 e. The van der Waals surface area contributed by atoms with E-state index in [0.717, 1.165) is 12.8 Å². The van der Waals surface area contributed by atoms with Crippen molar-refractivity contribution in [3.63, 3.8) is 0 Å². The highest BCUT2D eigenvalue weighted by Crippen LogP contribution is 2.40. The highest BCUT2D eigenvalue weighted by atomic mass is 19.1. The van der Waals surface area contributed by atoms with Crippen molar-refractivity contribution in [3.05, 3.63) is 23.5 Å². The van der Waals surface area contributed by atoms with E-state index in [9.17, 15) is 9.50 Å². The van der Waals surface area contributed by atoms with Gasteiger partial charge in [-0.3, -0.25) is 0 Å². The first-order valence-electron chi connectivity index (χ1n) is 5.80. The molecule has 1 fully saturated rings. The average molecular weight is 240 g/mol. The van der Waals surface area contributed by atoms with Gasteiger partial charge in [-0.25, -0.2) is 4.39 Å². The highest BCUT2D eigenvalue weighted by Gasteiger charge is 2.27. The summed E-state index contributed by atoms with van der Waals surface area (Å²) in [6, 6.07) is 2.71. The maximum Gasteiger partial charge on any atom is 0.165 e. The lowest BCUT2D eigenvalue weighted by Crippen LogP contribution is -2.07. The number of rotatable bonds is 5. The summed E-state index contributed by atoms with van der Waals surface area (Å²) in [6.07, 6.45) is 2.25. The number of benzene rings is 1. The molecule has 17 heavy (non-hydrogen) atoms. The molecule has 1 atom stereocenters. The fourth-order valence-corrected chi connectivity index (χ4v) is 1.68. The lowest BCUT2D eigenvalue weighted by molar-refractivity contribution is 0.254. The molecule has 0 bridgehead atoms. The van der Waals surface area contributed by atoms with Gasteiger partial charge in [0.15, 0.2) is 11.5 Å². The van der Waals surface area contributed by atoms with E-state index in [0.29, 0.717) is 17.1 Å². The van der Waals surface area contributed by atoms with E-state index in [1.165, 1.54) is 19.2 Å². The Bertz CT molecular complexity index is 402. The second kappa shape index (κ2) is 4.92. The molecular formula is C13H17FO3. The van der Waals surface area contributed by atoms with Gasteiger partial charge in [0.1, 0.15) is 5.82 Å². The van der Waals surface area contributed by atoms with Crippen molar-refractivity contribution in [1.29, 1.82) is 0 Å². The second-order valence-corrected chi connectivity index (χ2v) is 4.43. The Morgan fingerprint density at radius 1 is 1.47 bits per heavy atom. The van der Waals surface area contributed by atoms with Crippen molar-refractivity contribution in [3.8, 4) is 11.5 Å². The summed E-state index contributed by atoms with van der Waals surface area (Å²) in [5.74, 6) is 0.416. The predicted octanol–water partition coefficient (Wildman–Crippen LogP) is 2.47. The van der Waals surface area contributed by atoms with Gasteiger partial charge in [0.05, 0.1) is 13.2 Å². The Kier molecular flexibility index (Phi) is 3.52. The molecule has 94 valence electrons. The maximum atomic E-state index is 13.4. The van der Waals surface area contributed by atoms with Crippen LogP contribution in [0, 0.1) is 5.82 Å². The topological polar surface area (TPSA) is 38.7 Å². The Morgan fingerprint density at radius 3 is 2.71 bits per heavy atom. The van der Waals surface area contributed by atoms with Crippen molar-refractivity contribution in [2.45, 2.75) is 31.8 Å². The zero-order valence-corrected chi connectivity index (χ0v) is 10.1. The number of methoxy groups -OCH3 is 1. The predicted molar refractivity (Wildman–Crippen MR) is 62.1 cm³/mol. The van der Waals surface area contributed by atoms with Crippen LogP contribution in [0.1, 0.15) is 31.2 Å². The first-order valence-corrected chi connectivity index (χ1v) is 5.80. The SMILES string of the molecule is COc1cc(F)cc(C(C)CO)c1OC1CC1. The van der Waals surface area contributed by atoms with Gasteiger partial charge in [0, 0.05) is 24.2 Å². The molecule has 1 aromatic rings. The summed E-state index contributed by atoms with van der Waals surface area (Å²) in [4.78, 5) is 0. The minimum atomic E-state index is -0.375. The molecule has 0 spiro atoms. The molecule has 1 aliphatic rings. The van der Waals surface area contributed by atoms with Gasteiger partial charge in [-0.15, -0.1) is 0 Å². The van der Waals surface area contributed by atoms with Crippen LogP contribution in [-0.4, -0.2) is 24.9 Å². The van der Waals surface area contributed by atoms with E-state index in [1.54, 1.807) is 0 Å². The van der Waals surface area contributed by atoms with Gasteiger partial charge < -0.3 is 14.6 Å². The van der Waals surface area contributed by atoms with E-state index in [1.807, 2.05) is 6.92 Å². The molecule has 1 saturated carbocycles. The molecule has 1 unspecified atom stereocenters. The third-order valence-corrected chi connectivity index (χ3v) is 2.88. The number of hydrogen-bond acceptors (Lipinski definition) is 3. The van der Waals surface area contributed by atoms with Gasteiger partial charge in [-0.2, -0.15) is 0 Å². The lowest BCUT2D eigenvalue weighted by Gasteiger charge is -2.18. The molecule has 0 aromatic heterocycles. The minimum absolute atomic E-state index is 0.0480.